The minimum atomic E-state index is -0.957. The number of nitrogens with one attached hydrogen (secondary N) is 1. The summed E-state index contributed by atoms with van der Waals surface area (Å²) in [5.74, 6) is -0.831. The largest absolute Gasteiger partial charge is 0.496 e. The second-order valence-corrected chi connectivity index (χ2v) is 5.11. The number of ether oxygens (including phenoxy) is 1. The van der Waals surface area contributed by atoms with Gasteiger partial charge in [-0.15, -0.1) is 0 Å². The van der Waals surface area contributed by atoms with Crippen LogP contribution in [0.2, 0.25) is 0 Å². The molecule has 0 fully saturated rings. The molecule has 1 aromatic rings. The van der Waals surface area contributed by atoms with Crippen LogP contribution in [0.3, 0.4) is 0 Å². The van der Waals surface area contributed by atoms with E-state index in [-0.39, 0.29) is 12.3 Å². The topological polar surface area (TPSA) is 75.6 Å². The van der Waals surface area contributed by atoms with E-state index in [9.17, 15) is 9.59 Å². The van der Waals surface area contributed by atoms with Crippen LogP contribution in [0.15, 0.2) is 18.2 Å². The number of aryl methyl sites for hydroxylation is 1. The smallest absolute Gasteiger partial charge is 0.305 e. The molecule has 0 saturated heterocycles. The van der Waals surface area contributed by atoms with Crippen LogP contribution < -0.4 is 10.1 Å². The van der Waals surface area contributed by atoms with Crippen molar-refractivity contribution in [2.75, 3.05) is 7.11 Å². The molecule has 104 valence electrons. The SMILES string of the molecule is COc1ccc(C)cc1C(=O)NC(C)(C)CC(=O)O. The number of benzene rings is 1. The molecule has 1 amide bonds. The Morgan fingerprint density at radius 3 is 2.53 bits per heavy atom. The van der Waals surface area contributed by atoms with Crippen LogP contribution >= 0.6 is 0 Å². The Morgan fingerprint density at radius 1 is 1.37 bits per heavy atom. The van der Waals surface area contributed by atoms with Gasteiger partial charge in [-0.1, -0.05) is 11.6 Å². The fourth-order valence-electron chi connectivity index (χ4n) is 1.80. The van der Waals surface area contributed by atoms with Crippen LogP contribution in [0.25, 0.3) is 0 Å². The summed E-state index contributed by atoms with van der Waals surface area (Å²) in [6.07, 6.45) is -0.146. The van der Waals surface area contributed by atoms with Gasteiger partial charge in [-0.25, -0.2) is 0 Å². The highest BCUT2D eigenvalue weighted by molar-refractivity contribution is 5.97. The summed E-state index contributed by atoms with van der Waals surface area (Å²) in [5, 5.41) is 11.5. The van der Waals surface area contributed by atoms with E-state index in [1.165, 1.54) is 7.11 Å². The maximum atomic E-state index is 12.2. The number of carboxylic acids is 1. The summed E-state index contributed by atoms with van der Waals surface area (Å²) in [7, 11) is 1.49. The highest BCUT2D eigenvalue weighted by Crippen LogP contribution is 2.21. The van der Waals surface area contributed by atoms with E-state index in [4.69, 9.17) is 9.84 Å². The molecule has 0 aliphatic heterocycles. The first-order valence-electron chi connectivity index (χ1n) is 5.94. The van der Waals surface area contributed by atoms with Gasteiger partial charge in [-0.05, 0) is 32.9 Å². The van der Waals surface area contributed by atoms with Gasteiger partial charge >= 0.3 is 5.97 Å². The van der Waals surface area contributed by atoms with Crippen molar-refractivity contribution in [1.29, 1.82) is 0 Å². The lowest BCUT2D eigenvalue weighted by atomic mass is 9.99. The van der Waals surface area contributed by atoms with E-state index < -0.39 is 11.5 Å². The number of hydrogen-bond acceptors (Lipinski definition) is 3. The number of carbonyl (C=O) groups excluding carboxylic acids is 1. The third kappa shape index (κ3) is 4.28. The van der Waals surface area contributed by atoms with Crippen molar-refractivity contribution >= 4 is 11.9 Å². The monoisotopic (exact) mass is 265 g/mol. The fraction of sp³-hybridized carbons (Fsp3) is 0.429. The van der Waals surface area contributed by atoms with Crippen LogP contribution in [-0.4, -0.2) is 29.6 Å². The molecule has 0 atom stereocenters. The maximum Gasteiger partial charge on any atom is 0.305 e. The predicted octanol–water partition coefficient (Wildman–Crippen LogP) is 1.99. The number of carboxylic acid groups (broad SMARTS) is 1. The van der Waals surface area contributed by atoms with Crippen molar-refractivity contribution in [3.63, 3.8) is 0 Å². The van der Waals surface area contributed by atoms with E-state index in [1.54, 1.807) is 26.0 Å². The number of aliphatic carboxylic acids is 1. The van der Waals surface area contributed by atoms with Crippen molar-refractivity contribution in [1.82, 2.24) is 5.32 Å². The first-order valence-corrected chi connectivity index (χ1v) is 5.94. The zero-order valence-corrected chi connectivity index (χ0v) is 11.6. The molecular weight excluding hydrogens is 246 g/mol. The van der Waals surface area contributed by atoms with Gasteiger partial charge in [-0.2, -0.15) is 0 Å². The average Bonchev–Trinajstić information content (AvgIpc) is 2.26. The zero-order valence-electron chi connectivity index (χ0n) is 11.6. The molecule has 5 heteroatoms. The van der Waals surface area contributed by atoms with Crippen LogP contribution in [0, 0.1) is 6.92 Å². The Balaban J connectivity index is 2.95. The van der Waals surface area contributed by atoms with Gasteiger partial charge in [0.2, 0.25) is 0 Å². The zero-order chi connectivity index (χ0) is 14.6. The second-order valence-electron chi connectivity index (χ2n) is 5.11. The molecular formula is C14H19NO4. The van der Waals surface area contributed by atoms with Crippen molar-refractivity contribution in [3.8, 4) is 5.75 Å². The number of methoxy groups -OCH3 is 1. The molecule has 0 aliphatic carbocycles. The first-order chi connectivity index (χ1) is 8.75. The molecule has 0 heterocycles. The summed E-state index contributed by atoms with van der Waals surface area (Å²) in [6, 6.07) is 5.28. The lowest BCUT2D eigenvalue weighted by Crippen LogP contribution is -2.45. The van der Waals surface area contributed by atoms with E-state index in [1.807, 2.05) is 13.0 Å². The van der Waals surface area contributed by atoms with Gasteiger partial charge < -0.3 is 15.2 Å². The lowest BCUT2D eigenvalue weighted by Gasteiger charge is -2.24. The molecule has 0 saturated carbocycles. The normalized spacial score (nSPS) is 10.9. The number of rotatable bonds is 5. The Morgan fingerprint density at radius 2 is 2.00 bits per heavy atom. The molecule has 0 aromatic heterocycles. The molecule has 0 aliphatic rings. The third-order valence-electron chi connectivity index (χ3n) is 2.64. The summed E-state index contributed by atoms with van der Waals surface area (Å²) < 4.78 is 5.14. The van der Waals surface area contributed by atoms with Gasteiger partial charge in [-0.3, -0.25) is 9.59 Å². The summed E-state index contributed by atoms with van der Waals surface area (Å²) in [4.78, 5) is 22.9. The number of hydrogen-bond donors (Lipinski definition) is 2. The minimum Gasteiger partial charge on any atom is -0.496 e. The standard InChI is InChI=1S/C14H19NO4/c1-9-5-6-11(19-4)10(7-9)13(18)15-14(2,3)8-12(16)17/h5-7H,8H2,1-4H3,(H,15,18)(H,16,17). The van der Waals surface area contributed by atoms with E-state index in [0.717, 1.165) is 5.56 Å². The van der Waals surface area contributed by atoms with Gasteiger partial charge in [0.15, 0.2) is 0 Å². The van der Waals surface area contributed by atoms with Gasteiger partial charge in [0.25, 0.3) is 5.91 Å². The molecule has 1 rings (SSSR count). The highest BCUT2D eigenvalue weighted by atomic mass is 16.5. The van der Waals surface area contributed by atoms with Gasteiger partial charge in [0, 0.05) is 5.54 Å². The van der Waals surface area contributed by atoms with Crippen molar-refractivity contribution < 1.29 is 19.4 Å². The van der Waals surface area contributed by atoms with E-state index in [2.05, 4.69) is 5.32 Å². The molecule has 0 spiro atoms. The molecule has 0 radical (unpaired) electrons. The molecule has 5 nitrogen and oxygen atoms in total. The highest BCUT2D eigenvalue weighted by Gasteiger charge is 2.25. The van der Waals surface area contributed by atoms with E-state index >= 15 is 0 Å². The van der Waals surface area contributed by atoms with Crippen LogP contribution in [0.1, 0.15) is 36.2 Å². The average molecular weight is 265 g/mol. The van der Waals surface area contributed by atoms with Gasteiger partial charge in [0.05, 0.1) is 19.1 Å². The number of amides is 1. The van der Waals surface area contributed by atoms with E-state index in [0.29, 0.717) is 11.3 Å². The Bertz CT molecular complexity index is 494. The minimum absolute atomic E-state index is 0.146. The summed E-state index contributed by atoms with van der Waals surface area (Å²) >= 11 is 0. The number of carbonyl (C=O) groups is 2. The molecule has 0 unspecified atom stereocenters. The maximum absolute atomic E-state index is 12.2. The van der Waals surface area contributed by atoms with Crippen molar-refractivity contribution in [2.45, 2.75) is 32.7 Å². The van der Waals surface area contributed by atoms with Crippen LogP contribution in [-0.2, 0) is 4.79 Å². The lowest BCUT2D eigenvalue weighted by molar-refractivity contribution is -0.138. The summed E-state index contributed by atoms with van der Waals surface area (Å²) in [6.45, 7) is 5.21. The molecule has 19 heavy (non-hydrogen) atoms. The molecule has 1 aromatic carbocycles. The Labute approximate surface area is 112 Å². The van der Waals surface area contributed by atoms with Crippen molar-refractivity contribution in [3.05, 3.63) is 29.3 Å². The quantitative estimate of drug-likeness (QED) is 0.853. The van der Waals surface area contributed by atoms with Crippen LogP contribution in [0.4, 0.5) is 0 Å². The van der Waals surface area contributed by atoms with Crippen LogP contribution in [0.5, 0.6) is 5.75 Å². The third-order valence-corrected chi connectivity index (χ3v) is 2.64. The Hall–Kier alpha value is -2.04. The fourth-order valence-corrected chi connectivity index (χ4v) is 1.80. The second kappa shape index (κ2) is 5.73. The van der Waals surface area contributed by atoms with Crippen molar-refractivity contribution in [2.24, 2.45) is 0 Å². The predicted molar refractivity (Wildman–Crippen MR) is 71.5 cm³/mol. The molecule has 2 N–H and O–H groups in total. The Kier molecular flexibility index (Phi) is 4.53. The first kappa shape index (κ1) is 15.0. The van der Waals surface area contributed by atoms with Gasteiger partial charge in [0.1, 0.15) is 5.75 Å². The molecule has 0 bridgehead atoms. The summed E-state index contributed by atoms with van der Waals surface area (Å²) in [5.41, 5.74) is 0.514.